The summed E-state index contributed by atoms with van der Waals surface area (Å²) in [4.78, 5) is 13.2. The van der Waals surface area contributed by atoms with Crippen LogP contribution in [-0.4, -0.2) is 29.0 Å². The van der Waals surface area contributed by atoms with Crippen molar-refractivity contribution in [3.05, 3.63) is 28.8 Å². The van der Waals surface area contributed by atoms with Gasteiger partial charge in [0.15, 0.2) is 0 Å². The number of nitriles is 1. The van der Waals surface area contributed by atoms with Crippen LogP contribution in [0.25, 0.3) is 0 Å². The lowest BCUT2D eigenvalue weighted by atomic mass is 10.1. The van der Waals surface area contributed by atoms with Crippen LogP contribution in [0, 0.1) is 11.3 Å². The molecule has 5 heteroatoms. The number of nitrogens with zero attached hydrogens (tertiary/aromatic N) is 2. The fraction of sp³-hybridized carbons (Fsp3) is 0.273. The minimum Gasteiger partial charge on any atom is -0.506 e. The van der Waals surface area contributed by atoms with E-state index in [1.807, 2.05) is 6.07 Å². The molecule has 0 bridgehead atoms. The molecule has 1 N–H and O–H groups in total. The Labute approximate surface area is 98.7 Å². The van der Waals surface area contributed by atoms with Crippen LogP contribution in [0.2, 0.25) is 5.02 Å². The first kappa shape index (κ1) is 12.3. The van der Waals surface area contributed by atoms with E-state index in [1.165, 1.54) is 30.1 Å². The van der Waals surface area contributed by atoms with Crippen LogP contribution in [0.3, 0.4) is 0 Å². The Morgan fingerprint density at radius 1 is 1.62 bits per heavy atom. The number of benzene rings is 1. The first-order valence-corrected chi connectivity index (χ1v) is 5.00. The highest BCUT2D eigenvalue weighted by atomic mass is 35.5. The molecule has 1 amide bonds. The van der Waals surface area contributed by atoms with Crippen molar-refractivity contribution < 1.29 is 9.90 Å². The van der Waals surface area contributed by atoms with Crippen LogP contribution < -0.4 is 0 Å². The summed E-state index contributed by atoms with van der Waals surface area (Å²) in [5.41, 5.74) is 0.340. The quantitative estimate of drug-likeness (QED) is 0.858. The van der Waals surface area contributed by atoms with E-state index in [9.17, 15) is 9.90 Å². The summed E-state index contributed by atoms with van der Waals surface area (Å²) >= 11 is 5.69. The minimum atomic E-state index is -0.514. The van der Waals surface area contributed by atoms with Gasteiger partial charge in [-0.1, -0.05) is 11.6 Å². The molecule has 1 atom stereocenters. The Bertz CT molecular complexity index is 454. The molecule has 1 unspecified atom stereocenters. The first-order chi connectivity index (χ1) is 7.47. The molecule has 84 valence electrons. The largest absolute Gasteiger partial charge is 0.506 e. The summed E-state index contributed by atoms with van der Waals surface area (Å²) in [6.07, 6.45) is 0. The zero-order chi connectivity index (χ0) is 12.3. The fourth-order valence-electron chi connectivity index (χ4n) is 1.11. The molecule has 0 fully saturated rings. The Morgan fingerprint density at radius 3 is 2.75 bits per heavy atom. The summed E-state index contributed by atoms with van der Waals surface area (Å²) in [5.74, 6) is -0.384. The van der Waals surface area contributed by atoms with E-state index in [4.69, 9.17) is 16.9 Å². The van der Waals surface area contributed by atoms with Crippen LogP contribution in [0.4, 0.5) is 0 Å². The van der Waals surface area contributed by atoms with Crippen LogP contribution in [0.1, 0.15) is 17.3 Å². The van der Waals surface area contributed by atoms with E-state index < -0.39 is 6.04 Å². The highest BCUT2D eigenvalue weighted by Gasteiger charge is 2.17. The summed E-state index contributed by atoms with van der Waals surface area (Å²) < 4.78 is 0. The second-order valence-corrected chi connectivity index (χ2v) is 3.79. The summed E-state index contributed by atoms with van der Waals surface area (Å²) in [7, 11) is 1.54. The van der Waals surface area contributed by atoms with Crippen LogP contribution in [-0.2, 0) is 0 Å². The lowest BCUT2D eigenvalue weighted by Crippen LogP contribution is -2.33. The topological polar surface area (TPSA) is 64.3 Å². The van der Waals surface area contributed by atoms with E-state index in [2.05, 4.69) is 0 Å². The lowest BCUT2D eigenvalue weighted by molar-refractivity contribution is 0.0773. The van der Waals surface area contributed by atoms with Crippen molar-refractivity contribution in [1.82, 2.24) is 4.90 Å². The Balaban J connectivity index is 2.98. The van der Waals surface area contributed by atoms with Gasteiger partial charge in [-0.2, -0.15) is 5.26 Å². The van der Waals surface area contributed by atoms with Gasteiger partial charge in [-0.15, -0.1) is 0 Å². The molecule has 1 aromatic rings. The number of hydrogen-bond acceptors (Lipinski definition) is 3. The van der Waals surface area contributed by atoms with Gasteiger partial charge in [-0.3, -0.25) is 4.79 Å². The van der Waals surface area contributed by atoms with Crippen molar-refractivity contribution in [3.63, 3.8) is 0 Å². The van der Waals surface area contributed by atoms with Gasteiger partial charge in [-0.05, 0) is 25.1 Å². The van der Waals surface area contributed by atoms with E-state index in [1.54, 1.807) is 6.92 Å². The molecule has 16 heavy (non-hydrogen) atoms. The monoisotopic (exact) mass is 238 g/mol. The molecule has 1 aromatic carbocycles. The van der Waals surface area contributed by atoms with Gasteiger partial charge >= 0.3 is 0 Å². The SMILES string of the molecule is CC(C#N)N(C)C(=O)c1ccc(O)c(Cl)c1. The number of rotatable bonds is 2. The Hall–Kier alpha value is -1.73. The van der Waals surface area contributed by atoms with Crippen molar-refractivity contribution in [2.75, 3.05) is 7.05 Å². The van der Waals surface area contributed by atoms with Gasteiger partial charge in [0.2, 0.25) is 0 Å². The van der Waals surface area contributed by atoms with Crippen LogP contribution in [0.15, 0.2) is 18.2 Å². The molecule has 0 aromatic heterocycles. The highest BCUT2D eigenvalue weighted by Crippen LogP contribution is 2.24. The normalized spacial score (nSPS) is 11.6. The Kier molecular flexibility index (Phi) is 3.75. The maximum Gasteiger partial charge on any atom is 0.254 e. The average Bonchev–Trinajstić information content (AvgIpc) is 2.29. The molecule has 4 nitrogen and oxygen atoms in total. The van der Waals surface area contributed by atoms with Crippen molar-refractivity contribution in [2.45, 2.75) is 13.0 Å². The van der Waals surface area contributed by atoms with Crippen LogP contribution >= 0.6 is 11.6 Å². The number of phenolic OH excluding ortho intramolecular Hbond substituents is 1. The third-order valence-corrected chi connectivity index (χ3v) is 2.59. The number of phenols is 1. The van der Waals surface area contributed by atoms with Crippen LogP contribution in [0.5, 0.6) is 5.75 Å². The number of amides is 1. The highest BCUT2D eigenvalue weighted by molar-refractivity contribution is 6.32. The number of hydrogen-bond donors (Lipinski definition) is 1. The lowest BCUT2D eigenvalue weighted by Gasteiger charge is -2.19. The number of carbonyl (C=O) groups is 1. The van der Waals surface area contributed by atoms with Crippen molar-refractivity contribution >= 4 is 17.5 Å². The molecule has 0 aliphatic rings. The predicted octanol–water partition coefficient (Wildman–Crippen LogP) is 2.03. The summed E-state index contributed by atoms with van der Waals surface area (Å²) in [6.45, 7) is 1.62. The third-order valence-electron chi connectivity index (χ3n) is 2.28. The predicted molar refractivity (Wildman–Crippen MR) is 60.3 cm³/mol. The average molecular weight is 239 g/mol. The van der Waals surface area contributed by atoms with Gasteiger partial charge in [0.05, 0.1) is 11.1 Å². The van der Waals surface area contributed by atoms with E-state index in [0.717, 1.165) is 0 Å². The second kappa shape index (κ2) is 4.86. The van der Waals surface area contributed by atoms with Gasteiger partial charge in [0, 0.05) is 12.6 Å². The zero-order valence-electron chi connectivity index (χ0n) is 8.94. The first-order valence-electron chi connectivity index (χ1n) is 4.62. The van der Waals surface area contributed by atoms with E-state index in [0.29, 0.717) is 5.56 Å². The van der Waals surface area contributed by atoms with Crippen molar-refractivity contribution in [3.8, 4) is 11.8 Å². The standard InChI is InChI=1S/C11H11ClN2O2/c1-7(6-13)14(2)11(16)8-3-4-10(15)9(12)5-8/h3-5,7,15H,1-2H3. The van der Waals surface area contributed by atoms with E-state index in [-0.39, 0.29) is 16.7 Å². The molecular formula is C11H11ClN2O2. The third kappa shape index (κ3) is 2.44. The Morgan fingerprint density at radius 2 is 2.25 bits per heavy atom. The molecule has 0 saturated heterocycles. The molecule has 0 radical (unpaired) electrons. The molecule has 0 aliphatic heterocycles. The molecule has 0 heterocycles. The molecule has 1 rings (SSSR count). The summed E-state index contributed by atoms with van der Waals surface area (Å²) in [5, 5.41) is 18.0. The maximum absolute atomic E-state index is 11.8. The maximum atomic E-state index is 11.8. The molecular weight excluding hydrogens is 228 g/mol. The van der Waals surface area contributed by atoms with Crippen molar-refractivity contribution in [1.29, 1.82) is 5.26 Å². The molecule has 0 aliphatic carbocycles. The zero-order valence-corrected chi connectivity index (χ0v) is 9.69. The second-order valence-electron chi connectivity index (χ2n) is 3.39. The van der Waals surface area contributed by atoms with Gasteiger partial charge in [-0.25, -0.2) is 0 Å². The minimum absolute atomic E-state index is 0.0748. The van der Waals surface area contributed by atoms with Gasteiger partial charge in [0.25, 0.3) is 5.91 Å². The molecule has 0 saturated carbocycles. The number of halogens is 1. The number of aromatic hydroxyl groups is 1. The smallest absolute Gasteiger partial charge is 0.254 e. The number of carbonyl (C=O) groups excluding carboxylic acids is 1. The fourth-order valence-corrected chi connectivity index (χ4v) is 1.29. The van der Waals surface area contributed by atoms with Crippen molar-refractivity contribution in [2.24, 2.45) is 0 Å². The summed E-state index contributed by atoms with van der Waals surface area (Å²) in [6, 6.07) is 5.64. The van der Waals surface area contributed by atoms with Gasteiger partial charge < -0.3 is 10.0 Å². The molecule has 0 spiro atoms. The van der Waals surface area contributed by atoms with Gasteiger partial charge in [0.1, 0.15) is 11.8 Å². The van der Waals surface area contributed by atoms with E-state index >= 15 is 0 Å².